The van der Waals surface area contributed by atoms with Crippen molar-refractivity contribution in [1.29, 1.82) is 0 Å². The topological polar surface area (TPSA) is 61.4 Å². The Balaban J connectivity index is 1.66. The molecule has 26 heavy (non-hydrogen) atoms. The second kappa shape index (κ2) is 7.50. The second-order valence-electron chi connectivity index (χ2n) is 7.40. The van der Waals surface area contributed by atoms with E-state index in [1.165, 1.54) is 0 Å². The highest BCUT2D eigenvalue weighted by molar-refractivity contribution is 6.30. The van der Waals surface area contributed by atoms with Crippen LogP contribution in [0.2, 0.25) is 5.02 Å². The monoisotopic (exact) mass is 373 g/mol. The van der Waals surface area contributed by atoms with Crippen molar-refractivity contribution in [3.63, 3.8) is 0 Å². The molecule has 0 radical (unpaired) electrons. The summed E-state index contributed by atoms with van der Waals surface area (Å²) in [5.41, 5.74) is 1.21. The maximum atomic E-state index is 12.3. The Labute approximate surface area is 159 Å². The van der Waals surface area contributed by atoms with Crippen molar-refractivity contribution in [2.24, 2.45) is 0 Å². The van der Waals surface area contributed by atoms with Crippen molar-refractivity contribution in [3.8, 4) is 0 Å². The summed E-state index contributed by atoms with van der Waals surface area (Å²) in [7, 11) is 0. The first-order valence-corrected chi connectivity index (χ1v) is 9.11. The highest BCUT2D eigenvalue weighted by Crippen LogP contribution is 2.21. The molecule has 138 valence electrons. The van der Waals surface area contributed by atoms with Crippen LogP contribution in [0.25, 0.3) is 0 Å². The van der Waals surface area contributed by atoms with Gasteiger partial charge in [0, 0.05) is 48.6 Å². The normalized spacial score (nSPS) is 15.1. The van der Waals surface area contributed by atoms with E-state index in [-0.39, 0.29) is 11.4 Å². The zero-order valence-electron chi connectivity index (χ0n) is 15.4. The first-order chi connectivity index (χ1) is 12.3. The van der Waals surface area contributed by atoms with Crippen molar-refractivity contribution in [2.45, 2.75) is 26.3 Å². The number of carbonyl (C=O) groups is 1. The van der Waals surface area contributed by atoms with Gasteiger partial charge in [0.15, 0.2) is 0 Å². The predicted octanol–water partition coefficient (Wildman–Crippen LogP) is 2.98. The summed E-state index contributed by atoms with van der Waals surface area (Å²) in [6.45, 7) is 9.12. The molecular formula is C19H24ClN5O. The van der Waals surface area contributed by atoms with Crippen molar-refractivity contribution < 1.29 is 4.79 Å². The molecule has 1 saturated heterocycles. The number of hydrogen-bond acceptors (Lipinski definition) is 5. The minimum Gasteiger partial charge on any atom is -0.368 e. The largest absolute Gasteiger partial charge is 0.368 e. The number of halogens is 1. The molecule has 7 heteroatoms. The summed E-state index contributed by atoms with van der Waals surface area (Å²) in [6.07, 6.45) is 1.64. The lowest BCUT2D eigenvalue weighted by atomic mass is 10.1. The smallest absolute Gasteiger partial charge is 0.270 e. The fourth-order valence-electron chi connectivity index (χ4n) is 2.87. The summed E-state index contributed by atoms with van der Waals surface area (Å²) < 4.78 is 0. The van der Waals surface area contributed by atoms with E-state index in [1.54, 1.807) is 12.3 Å². The Bertz CT molecular complexity index is 781. The lowest BCUT2D eigenvalue weighted by molar-refractivity contribution is 0.0914. The van der Waals surface area contributed by atoms with Crippen LogP contribution in [0.1, 0.15) is 31.3 Å². The molecule has 6 nitrogen and oxygen atoms in total. The van der Waals surface area contributed by atoms with E-state index in [4.69, 9.17) is 11.6 Å². The molecule has 1 fully saturated rings. The number of anilines is 2. The van der Waals surface area contributed by atoms with Crippen LogP contribution in [0, 0.1) is 0 Å². The van der Waals surface area contributed by atoms with Crippen LogP contribution in [0.3, 0.4) is 0 Å². The SMILES string of the molecule is CC(C)(C)NC(=O)c1ccnc(N2CCN(c3cccc(Cl)c3)CC2)n1. The number of hydrogen-bond donors (Lipinski definition) is 1. The maximum Gasteiger partial charge on any atom is 0.270 e. The molecule has 1 aliphatic heterocycles. The van der Waals surface area contributed by atoms with E-state index in [0.29, 0.717) is 11.6 Å². The Morgan fingerprint density at radius 1 is 1.12 bits per heavy atom. The summed E-state index contributed by atoms with van der Waals surface area (Å²) in [6, 6.07) is 9.53. The Kier molecular flexibility index (Phi) is 5.32. The number of nitrogens with one attached hydrogen (secondary N) is 1. The summed E-state index contributed by atoms with van der Waals surface area (Å²) >= 11 is 6.09. The maximum absolute atomic E-state index is 12.3. The molecule has 0 spiro atoms. The Morgan fingerprint density at radius 2 is 1.81 bits per heavy atom. The van der Waals surface area contributed by atoms with Crippen molar-refractivity contribution in [1.82, 2.24) is 15.3 Å². The van der Waals surface area contributed by atoms with Gasteiger partial charge in [0.25, 0.3) is 5.91 Å². The van der Waals surface area contributed by atoms with Gasteiger partial charge in [-0.3, -0.25) is 4.79 Å². The molecule has 0 unspecified atom stereocenters. The minimum absolute atomic E-state index is 0.182. The van der Waals surface area contributed by atoms with Gasteiger partial charge < -0.3 is 15.1 Å². The van der Waals surface area contributed by atoms with Gasteiger partial charge in [-0.1, -0.05) is 17.7 Å². The van der Waals surface area contributed by atoms with Crippen molar-refractivity contribution in [3.05, 3.63) is 47.2 Å². The first-order valence-electron chi connectivity index (χ1n) is 8.73. The molecule has 1 aliphatic rings. The number of nitrogens with zero attached hydrogens (tertiary/aromatic N) is 4. The molecule has 2 aromatic rings. The van der Waals surface area contributed by atoms with Gasteiger partial charge in [-0.15, -0.1) is 0 Å². The van der Waals surface area contributed by atoms with Crippen LogP contribution in [-0.2, 0) is 0 Å². The molecule has 2 heterocycles. The molecule has 3 rings (SSSR count). The van der Waals surface area contributed by atoms with E-state index < -0.39 is 0 Å². The lowest BCUT2D eigenvalue weighted by Gasteiger charge is -2.36. The Morgan fingerprint density at radius 3 is 2.46 bits per heavy atom. The Hall–Kier alpha value is -2.34. The molecule has 0 saturated carbocycles. The summed E-state index contributed by atoms with van der Waals surface area (Å²) in [4.78, 5) is 25.5. The molecule has 1 N–H and O–H groups in total. The van der Waals surface area contributed by atoms with E-state index in [0.717, 1.165) is 36.9 Å². The highest BCUT2D eigenvalue weighted by atomic mass is 35.5. The molecule has 1 amide bonds. The molecule has 0 aliphatic carbocycles. The van der Waals surface area contributed by atoms with Crippen LogP contribution >= 0.6 is 11.6 Å². The lowest BCUT2D eigenvalue weighted by Crippen LogP contribution is -2.47. The number of rotatable bonds is 3. The average molecular weight is 374 g/mol. The van der Waals surface area contributed by atoms with Crippen LogP contribution in [0.15, 0.2) is 36.5 Å². The molecular weight excluding hydrogens is 350 g/mol. The first kappa shape index (κ1) is 18.5. The number of amides is 1. The van der Waals surface area contributed by atoms with Crippen LogP contribution < -0.4 is 15.1 Å². The highest BCUT2D eigenvalue weighted by Gasteiger charge is 2.21. The van der Waals surface area contributed by atoms with Crippen molar-refractivity contribution in [2.75, 3.05) is 36.0 Å². The number of carbonyl (C=O) groups excluding carboxylic acids is 1. The van der Waals surface area contributed by atoms with Gasteiger partial charge in [0.1, 0.15) is 5.69 Å². The number of piperazine rings is 1. The van der Waals surface area contributed by atoms with Crippen LogP contribution in [-0.4, -0.2) is 47.6 Å². The molecule has 1 aromatic heterocycles. The van der Waals surface area contributed by atoms with E-state index in [2.05, 4.69) is 31.2 Å². The van der Waals surface area contributed by atoms with Gasteiger partial charge in [-0.2, -0.15) is 0 Å². The standard InChI is InChI=1S/C19H24ClN5O/c1-19(2,3)23-17(26)16-7-8-21-18(22-16)25-11-9-24(10-12-25)15-6-4-5-14(20)13-15/h4-8,13H,9-12H2,1-3H3,(H,23,26). The second-order valence-corrected chi connectivity index (χ2v) is 7.84. The van der Waals surface area contributed by atoms with Crippen LogP contribution in [0.4, 0.5) is 11.6 Å². The van der Waals surface area contributed by atoms with Crippen molar-refractivity contribution >= 4 is 29.1 Å². The number of benzene rings is 1. The third-order valence-electron chi connectivity index (χ3n) is 4.10. The van der Waals surface area contributed by atoms with Gasteiger partial charge in [0.2, 0.25) is 5.95 Å². The predicted molar refractivity (Wildman–Crippen MR) is 105 cm³/mol. The van der Waals surface area contributed by atoms with Gasteiger partial charge >= 0.3 is 0 Å². The molecule has 0 bridgehead atoms. The average Bonchev–Trinajstić information content (AvgIpc) is 2.60. The van der Waals surface area contributed by atoms with Gasteiger partial charge in [-0.25, -0.2) is 9.97 Å². The van der Waals surface area contributed by atoms with E-state index in [9.17, 15) is 4.79 Å². The van der Waals surface area contributed by atoms with E-state index >= 15 is 0 Å². The summed E-state index contributed by atoms with van der Waals surface area (Å²) in [5.74, 6) is 0.413. The molecule has 1 aromatic carbocycles. The molecule has 0 atom stereocenters. The fraction of sp³-hybridized carbons (Fsp3) is 0.421. The third kappa shape index (κ3) is 4.64. The van der Waals surface area contributed by atoms with Crippen LogP contribution in [0.5, 0.6) is 0 Å². The van der Waals surface area contributed by atoms with E-state index in [1.807, 2.05) is 39.0 Å². The summed E-state index contributed by atoms with van der Waals surface area (Å²) in [5, 5.41) is 3.67. The van der Waals surface area contributed by atoms with Gasteiger partial charge in [-0.05, 0) is 45.0 Å². The van der Waals surface area contributed by atoms with Gasteiger partial charge in [0.05, 0.1) is 0 Å². The number of aromatic nitrogens is 2. The fourth-order valence-corrected chi connectivity index (χ4v) is 3.05. The minimum atomic E-state index is -0.301. The quantitative estimate of drug-likeness (QED) is 0.896. The third-order valence-corrected chi connectivity index (χ3v) is 4.33. The zero-order valence-corrected chi connectivity index (χ0v) is 16.1. The zero-order chi connectivity index (χ0) is 18.7.